The van der Waals surface area contributed by atoms with Crippen LogP contribution in [0.5, 0.6) is 5.88 Å². The molecule has 1 aliphatic carbocycles. The van der Waals surface area contributed by atoms with Crippen molar-refractivity contribution in [2.24, 2.45) is 5.92 Å². The third-order valence-electron chi connectivity index (χ3n) is 4.58. The van der Waals surface area contributed by atoms with E-state index in [-0.39, 0.29) is 30.7 Å². The van der Waals surface area contributed by atoms with Gasteiger partial charge in [-0.15, -0.1) is 0 Å². The van der Waals surface area contributed by atoms with E-state index in [2.05, 4.69) is 10.3 Å². The molecule has 0 aliphatic heterocycles. The predicted octanol–water partition coefficient (Wildman–Crippen LogP) is 2.36. The fraction of sp³-hybridized carbons (Fsp3) is 0.400. The van der Waals surface area contributed by atoms with Crippen molar-refractivity contribution in [1.82, 2.24) is 10.3 Å². The van der Waals surface area contributed by atoms with Crippen molar-refractivity contribution in [3.05, 3.63) is 59.8 Å². The Labute approximate surface area is 152 Å². The second-order valence-electron chi connectivity index (χ2n) is 6.82. The summed E-state index contributed by atoms with van der Waals surface area (Å²) in [6.07, 6.45) is 1.69. The van der Waals surface area contributed by atoms with Crippen LogP contribution in [0.1, 0.15) is 36.9 Å². The molecule has 1 heterocycles. The molecule has 1 aromatic carbocycles. The summed E-state index contributed by atoms with van der Waals surface area (Å²) < 4.78 is 5.53. The first-order chi connectivity index (χ1) is 12.5. The van der Waals surface area contributed by atoms with Gasteiger partial charge in [-0.25, -0.2) is 4.98 Å². The smallest absolute Gasteiger partial charge is 0.308 e. The van der Waals surface area contributed by atoms with Crippen molar-refractivity contribution in [3.8, 4) is 5.88 Å². The van der Waals surface area contributed by atoms with Gasteiger partial charge in [0.1, 0.15) is 0 Å². The molecule has 1 aliphatic rings. The summed E-state index contributed by atoms with van der Waals surface area (Å²) >= 11 is 0. The van der Waals surface area contributed by atoms with E-state index in [1.54, 1.807) is 12.3 Å². The molecule has 138 valence electrons. The number of aromatic nitrogens is 1. The van der Waals surface area contributed by atoms with Gasteiger partial charge in [0.25, 0.3) is 0 Å². The van der Waals surface area contributed by atoms with Gasteiger partial charge in [0.15, 0.2) is 0 Å². The molecule has 4 atom stereocenters. The molecule has 1 aromatic heterocycles. The molecular weight excluding hydrogens is 332 g/mol. The molecule has 1 unspecified atom stereocenters. The number of carboxylic acid groups (broad SMARTS) is 1. The highest BCUT2D eigenvalue weighted by molar-refractivity contribution is 5.77. The van der Waals surface area contributed by atoms with E-state index >= 15 is 0 Å². The molecule has 0 spiro atoms. The number of hydrogen-bond donors (Lipinski definition) is 3. The second kappa shape index (κ2) is 7.85. The molecular formula is C20H24N2O4. The first kappa shape index (κ1) is 18.4. The number of ether oxygens (including phenoxy) is 1. The van der Waals surface area contributed by atoms with Gasteiger partial charge in [-0.05, 0) is 25.0 Å². The van der Waals surface area contributed by atoms with Crippen molar-refractivity contribution in [1.29, 1.82) is 0 Å². The lowest BCUT2D eigenvalue weighted by Gasteiger charge is -2.17. The van der Waals surface area contributed by atoms with Crippen LogP contribution in [0.4, 0.5) is 0 Å². The highest BCUT2D eigenvalue weighted by atomic mass is 16.5. The lowest BCUT2D eigenvalue weighted by atomic mass is 10.1. The van der Waals surface area contributed by atoms with E-state index in [1.165, 1.54) is 0 Å². The van der Waals surface area contributed by atoms with Crippen LogP contribution in [0.25, 0.3) is 0 Å². The molecule has 1 saturated carbocycles. The Kier molecular flexibility index (Phi) is 5.54. The van der Waals surface area contributed by atoms with Crippen molar-refractivity contribution in [2.75, 3.05) is 6.61 Å². The van der Waals surface area contributed by atoms with Gasteiger partial charge < -0.3 is 20.3 Å². The zero-order chi connectivity index (χ0) is 18.7. The molecule has 0 amide bonds. The summed E-state index contributed by atoms with van der Waals surface area (Å²) in [5, 5.41) is 22.6. The quantitative estimate of drug-likeness (QED) is 0.673. The summed E-state index contributed by atoms with van der Waals surface area (Å²) in [4.78, 5) is 15.8. The summed E-state index contributed by atoms with van der Waals surface area (Å²) in [5.74, 6) is -0.897. The highest BCUT2D eigenvalue weighted by Gasteiger charge is 2.56. The van der Waals surface area contributed by atoms with Crippen molar-refractivity contribution >= 4 is 5.97 Å². The number of benzene rings is 1. The number of hydrogen-bond acceptors (Lipinski definition) is 5. The maximum atomic E-state index is 11.6. The first-order valence-corrected chi connectivity index (χ1v) is 8.78. The number of nitrogens with zero attached hydrogens (tertiary/aromatic N) is 1. The van der Waals surface area contributed by atoms with E-state index in [1.807, 2.05) is 50.2 Å². The van der Waals surface area contributed by atoms with E-state index in [0.717, 1.165) is 11.1 Å². The standard InChI is InChI=1S/C20H24N2O4/c1-12(2)26-16-9-8-14(10-21-16)15(11-23)22-19-17(18(19)20(24)25)13-6-4-3-5-7-13/h3-10,12,15,17-19,22-23H,11H2,1-2H3,(H,24,25)/t15-,17+,18+,19?/m0/s1. The molecule has 3 N–H and O–H groups in total. The third-order valence-corrected chi connectivity index (χ3v) is 4.58. The summed E-state index contributed by atoms with van der Waals surface area (Å²) in [7, 11) is 0. The van der Waals surface area contributed by atoms with Gasteiger partial charge in [0.2, 0.25) is 5.88 Å². The minimum absolute atomic E-state index is 0.0366. The van der Waals surface area contributed by atoms with Crippen LogP contribution in [-0.4, -0.2) is 39.9 Å². The van der Waals surface area contributed by atoms with Crippen molar-refractivity contribution in [2.45, 2.75) is 38.0 Å². The maximum Gasteiger partial charge on any atom is 0.308 e. The molecule has 3 rings (SSSR count). The number of rotatable bonds is 8. The zero-order valence-electron chi connectivity index (χ0n) is 14.9. The Balaban J connectivity index is 1.72. The summed E-state index contributed by atoms with van der Waals surface area (Å²) in [6, 6.07) is 12.6. The second-order valence-corrected chi connectivity index (χ2v) is 6.82. The van der Waals surface area contributed by atoms with Gasteiger partial charge >= 0.3 is 5.97 Å². The van der Waals surface area contributed by atoms with Gasteiger partial charge in [-0.2, -0.15) is 0 Å². The molecule has 26 heavy (non-hydrogen) atoms. The predicted molar refractivity (Wildman–Crippen MR) is 97.1 cm³/mol. The molecule has 0 bridgehead atoms. The van der Waals surface area contributed by atoms with E-state index < -0.39 is 11.9 Å². The maximum absolute atomic E-state index is 11.6. The molecule has 0 radical (unpaired) electrons. The molecule has 6 heteroatoms. The largest absolute Gasteiger partial charge is 0.481 e. The van der Waals surface area contributed by atoms with Crippen molar-refractivity contribution < 1.29 is 19.7 Å². The number of pyridine rings is 1. The minimum Gasteiger partial charge on any atom is -0.481 e. The number of aliphatic carboxylic acids is 1. The Morgan fingerprint density at radius 3 is 2.50 bits per heavy atom. The van der Waals surface area contributed by atoms with Gasteiger partial charge in [0.05, 0.1) is 24.7 Å². The van der Waals surface area contributed by atoms with Gasteiger partial charge in [-0.3, -0.25) is 4.79 Å². The minimum atomic E-state index is -0.827. The number of nitrogens with one attached hydrogen (secondary N) is 1. The topological polar surface area (TPSA) is 91.7 Å². The molecule has 1 fully saturated rings. The first-order valence-electron chi connectivity index (χ1n) is 8.78. The highest BCUT2D eigenvalue weighted by Crippen LogP contribution is 2.48. The van der Waals surface area contributed by atoms with Crippen LogP contribution in [0.2, 0.25) is 0 Å². The van der Waals surface area contributed by atoms with Crippen LogP contribution >= 0.6 is 0 Å². The van der Waals surface area contributed by atoms with Crippen LogP contribution in [0.3, 0.4) is 0 Å². The number of aliphatic hydroxyl groups excluding tert-OH is 1. The Morgan fingerprint density at radius 2 is 1.96 bits per heavy atom. The van der Waals surface area contributed by atoms with Crippen LogP contribution in [0, 0.1) is 5.92 Å². The number of aliphatic hydroxyl groups is 1. The Hall–Kier alpha value is -2.44. The number of carboxylic acids is 1. The molecule has 2 aromatic rings. The van der Waals surface area contributed by atoms with Gasteiger partial charge in [0, 0.05) is 24.2 Å². The summed E-state index contributed by atoms with van der Waals surface area (Å²) in [6.45, 7) is 3.71. The average Bonchev–Trinajstić information content (AvgIpc) is 3.35. The Bertz CT molecular complexity index is 733. The van der Waals surface area contributed by atoms with Crippen LogP contribution in [-0.2, 0) is 4.79 Å². The zero-order valence-corrected chi connectivity index (χ0v) is 14.9. The fourth-order valence-corrected chi connectivity index (χ4v) is 3.31. The third kappa shape index (κ3) is 4.03. The van der Waals surface area contributed by atoms with Gasteiger partial charge in [-0.1, -0.05) is 36.4 Å². The monoisotopic (exact) mass is 356 g/mol. The van der Waals surface area contributed by atoms with Crippen molar-refractivity contribution in [3.63, 3.8) is 0 Å². The normalized spacial score (nSPS) is 22.8. The SMILES string of the molecule is CC(C)Oc1ccc([C@H](CO)NC2[C@H](C(=O)O)[C@H]2c2ccccc2)cn1. The number of carbonyl (C=O) groups is 1. The summed E-state index contributed by atoms with van der Waals surface area (Å²) in [5.41, 5.74) is 1.79. The lowest BCUT2D eigenvalue weighted by molar-refractivity contribution is -0.138. The van der Waals surface area contributed by atoms with E-state index in [0.29, 0.717) is 5.88 Å². The average molecular weight is 356 g/mol. The Morgan fingerprint density at radius 1 is 1.23 bits per heavy atom. The fourth-order valence-electron chi connectivity index (χ4n) is 3.31. The van der Waals surface area contributed by atoms with E-state index in [9.17, 15) is 15.0 Å². The lowest BCUT2D eigenvalue weighted by Crippen LogP contribution is -2.29. The van der Waals surface area contributed by atoms with Crippen LogP contribution in [0.15, 0.2) is 48.7 Å². The molecule has 6 nitrogen and oxygen atoms in total. The van der Waals surface area contributed by atoms with E-state index in [4.69, 9.17) is 4.74 Å². The molecule has 0 saturated heterocycles. The van der Waals surface area contributed by atoms with Crippen LogP contribution < -0.4 is 10.1 Å².